The topological polar surface area (TPSA) is 29.1 Å². The van der Waals surface area contributed by atoms with Crippen molar-refractivity contribution in [3.8, 4) is 0 Å². The van der Waals surface area contributed by atoms with Gasteiger partial charge in [-0.05, 0) is 18.2 Å². The Balaban J connectivity index is 3.04. The SMILES string of the molecule is C=CCNC(=O)c1ccc(Br)c(C(F)(F)F)c1. The van der Waals surface area contributed by atoms with Gasteiger partial charge in [0.1, 0.15) is 0 Å². The van der Waals surface area contributed by atoms with Gasteiger partial charge in [0.05, 0.1) is 5.56 Å². The smallest absolute Gasteiger partial charge is 0.349 e. The number of rotatable bonds is 3. The van der Waals surface area contributed by atoms with Gasteiger partial charge >= 0.3 is 6.18 Å². The van der Waals surface area contributed by atoms with E-state index < -0.39 is 17.6 Å². The van der Waals surface area contributed by atoms with Gasteiger partial charge in [-0.1, -0.05) is 22.0 Å². The van der Waals surface area contributed by atoms with Crippen LogP contribution in [0.15, 0.2) is 35.3 Å². The zero-order valence-electron chi connectivity index (χ0n) is 8.64. The highest BCUT2D eigenvalue weighted by molar-refractivity contribution is 9.10. The van der Waals surface area contributed by atoms with Crippen molar-refractivity contribution in [2.24, 2.45) is 0 Å². The van der Waals surface area contributed by atoms with Gasteiger partial charge < -0.3 is 5.32 Å². The highest BCUT2D eigenvalue weighted by Crippen LogP contribution is 2.35. The summed E-state index contributed by atoms with van der Waals surface area (Å²) in [5, 5.41) is 2.41. The van der Waals surface area contributed by atoms with E-state index in [2.05, 4.69) is 27.8 Å². The molecule has 0 atom stereocenters. The summed E-state index contributed by atoms with van der Waals surface area (Å²) in [4.78, 5) is 11.5. The standard InChI is InChI=1S/C11H9BrF3NO/c1-2-5-16-10(17)7-3-4-9(12)8(6-7)11(13,14)15/h2-4,6H,1,5H2,(H,16,17). The fourth-order valence-corrected chi connectivity index (χ4v) is 1.62. The second-order valence-electron chi connectivity index (χ2n) is 3.19. The zero-order chi connectivity index (χ0) is 13.1. The molecular formula is C11H9BrF3NO. The first kappa shape index (κ1) is 13.8. The van der Waals surface area contributed by atoms with Gasteiger partial charge in [0.15, 0.2) is 0 Å². The summed E-state index contributed by atoms with van der Waals surface area (Å²) in [6, 6.07) is 3.33. The molecule has 0 saturated carbocycles. The monoisotopic (exact) mass is 307 g/mol. The summed E-state index contributed by atoms with van der Waals surface area (Å²) in [6.45, 7) is 3.60. The highest BCUT2D eigenvalue weighted by atomic mass is 79.9. The van der Waals surface area contributed by atoms with E-state index in [0.29, 0.717) is 0 Å². The summed E-state index contributed by atoms with van der Waals surface area (Å²) in [7, 11) is 0. The van der Waals surface area contributed by atoms with Gasteiger partial charge in [-0.3, -0.25) is 4.79 Å². The molecule has 0 spiro atoms. The Labute approximate surface area is 105 Å². The summed E-state index contributed by atoms with van der Waals surface area (Å²) < 4.78 is 37.6. The van der Waals surface area contributed by atoms with Crippen molar-refractivity contribution >= 4 is 21.8 Å². The minimum atomic E-state index is -4.49. The van der Waals surface area contributed by atoms with Crippen molar-refractivity contribution in [2.75, 3.05) is 6.54 Å². The van der Waals surface area contributed by atoms with Crippen LogP contribution < -0.4 is 5.32 Å². The van der Waals surface area contributed by atoms with E-state index in [9.17, 15) is 18.0 Å². The van der Waals surface area contributed by atoms with E-state index in [1.54, 1.807) is 0 Å². The van der Waals surface area contributed by atoms with Gasteiger partial charge in [0.2, 0.25) is 0 Å². The lowest BCUT2D eigenvalue weighted by Gasteiger charge is -2.10. The lowest BCUT2D eigenvalue weighted by Crippen LogP contribution is -2.23. The molecule has 0 aromatic heterocycles. The van der Waals surface area contributed by atoms with Crippen molar-refractivity contribution in [3.05, 3.63) is 46.5 Å². The molecule has 0 unspecified atom stereocenters. The number of benzene rings is 1. The molecule has 0 bridgehead atoms. The van der Waals surface area contributed by atoms with Crippen LogP contribution in [0.25, 0.3) is 0 Å². The highest BCUT2D eigenvalue weighted by Gasteiger charge is 2.33. The molecule has 92 valence electrons. The molecule has 1 aromatic rings. The molecule has 17 heavy (non-hydrogen) atoms. The summed E-state index contributed by atoms with van der Waals surface area (Å²) >= 11 is 2.80. The molecule has 0 radical (unpaired) electrons. The second kappa shape index (κ2) is 5.35. The maximum Gasteiger partial charge on any atom is 0.417 e. The van der Waals surface area contributed by atoms with Gasteiger partial charge in [0.25, 0.3) is 5.91 Å². The quantitative estimate of drug-likeness (QED) is 0.852. The number of hydrogen-bond donors (Lipinski definition) is 1. The number of carbonyl (C=O) groups excluding carboxylic acids is 1. The lowest BCUT2D eigenvalue weighted by molar-refractivity contribution is -0.138. The Hall–Kier alpha value is -1.30. The molecule has 0 aliphatic carbocycles. The predicted molar refractivity (Wildman–Crippen MR) is 61.7 cm³/mol. The summed E-state index contributed by atoms with van der Waals surface area (Å²) in [6.07, 6.45) is -3.05. The van der Waals surface area contributed by atoms with Crippen molar-refractivity contribution in [1.29, 1.82) is 0 Å². The predicted octanol–water partition coefficient (Wildman–Crippen LogP) is 3.38. The first-order valence-corrected chi connectivity index (χ1v) is 5.41. The van der Waals surface area contributed by atoms with Crippen LogP contribution in [0.4, 0.5) is 13.2 Å². The third kappa shape index (κ3) is 3.59. The summed E-state index contributed by atoms with van der Waals surface area (Å²) in [5.74, 6) is -0.567. The van der Waals surface area contributed by atoms with Gasteiger partial charge in [-0.2, -0.15) is 13.2 Å². The third-order valence-corrected chi connectivity index (χ3v) is 2.63. The molecule has 1 N–H and O–H groups in total. The Morgan fingerprint density at radius 3 is 2.65 bits per heavy atom. The molecule has 1 rings (SSSR count). The van der Waals surface area contributed by atoms with E-state index >= 15 is 0 Å². The number of halogens is 4. The van der Waals surface area contributed by atoms with Crippen LogP contribution in [0.1, 0.15) is 15.9 Å². The second-order valence-corrected chi connectivity index (χ2v) is 4.05. The first-order valence-electron chi connectivity index (χ1n) is 4.62. The molecule has 6 heteroatoms. The van der Waals surface area contributed by atoms with Crippen molar-refractivity contribution in [2.45, 2.75) is 6.18 Å². The average molecular weight is 308 g/mol. The Morgan fingerprint density at radius 2 is 2.12 bits per heavy atom. The normalized spacial score (nSPS) is 11.1. The van der Waals surface area contributed by atoms with Gasteiger partial charge in [-0.15, -0.1) is 6.58 Å². The molecule has 0 aliphatic rings. The number of alkyl halides is 3. The molecule has 0 fully saturated rings. The maximum atomic E-state index is 12.6. The fraction of sp³-hybridized carbons (Fsp3) is 0.182. The third-order valence-electron chi connectivity index (χ3n) is 1.94. The van der Waals surface area contributed by atoms with E-state index in [1.165, 1.54) is 18.2 Å². The van der Waals surface area contributed by atoms with E-state index in [1.807, 2.05) is 0 Å². The fourth-order valence-electron chi connectivity index (χ4n) is 1.15. The van der Waals surface area contributed by atoms with Crippen LogP contribution in [0.3, 0.4) is 0 Å². The molecule has 1 aromatic carbocycles. The van der Waals surface area contributed by atoms with Crippen LogP contribution in [0.5, 0.6) is 0 Å². The molecule has 0 heterocycles. The minimum absolute atomic E-state index is 0.0395. The average Bonchev–Trinajstić information content (AvgIpc) is 2.25. The molecule has 1 amide bonds. The molecule has 0 saturated heterocycles. The molecule has 0 aliphatic heterocycles. The van der Waals surface area contributed by atoms with Crippen LogP contribution in [-0.4, -0.2) is 12.5 Å². The van der Waals surface area contributed by atoms with Crippen molar-refractivity contribution < 1.29 is 18.0 Å². The largest absolute Gasteiger partial charge is 0.417 e. The van der Waals surface area contributed by atoms with E-state index in [4.69, 9.17) is 0 Å². The lowest BCUT2D eigenvalue weighted by atomic mass is 10.1. The Kier molecular flexibility index (Phi) is 4.34. The number of carbonyl (C=O) groups is 1. The van der Waals surface area contributed by atoms with E-state index in [0.717, 1.165) is 6.07 Å². The number of amides is 1. The number of hydrogen-bond acceptors (Lipinski definition) is 1. The zero-order valence-corrected chi connectivity index (χ0v) is 10.2. The Bertz CT molecular complexity index is 443. The molecule has 2 nitrogen and oxygen atoms in total. The van der Waals surface area contributed by atoms with Crippen LogP contribution in [-0.2, 0) is 6.18 Å². The first-order chi connectivity index (χ1) is 7.86. The minimum Gasteiger partial charge on any atom is -0.349 e. The maximum absolute atomic E-state index is 12.6. The van der Waals surface area contributed by atoms with Crippen molar-refractivity contribution in [3.63, 3.8) is 0 Å². The Morgan fingerprint density at radius 1 is 1.47 bits per heavy atom. The van der Waals surface area contributed by atoms with Crippen LogP contribution in [0.2, 0.25) is 0 Å². The van der Waals surface area contributed by atoms with Crippen LogP contribution in [0, 0.1) is 0 Å². The van der Waals surface area contributed by atoms with Crippen molar-refractivity contribution in [1.82, 2.24) is 5.32 Å². The molecular weight excluding hydrogens is 299 g/mol. The van der Waals surface area contributed by atoms with Gasteiger partial charge in [0, 0.05) is 16.6 Å². The van der Waals surface area contributed by atoms with Gasteiger partial charge in [-0.25, -0.2) is 0 Å². The van der Waals surface area contributed by atoms with Crippen LogP contribution >= 0.6 is 15.9 Å². The summed E-state index contributed by atoms with van der Waals surface area (Å²) in [5.41, 5.74) is -0.911. The van der Waals surface area contributed by atoms with E-state index in [-0.39, 0.29) is 16.6 Å². The number of nitrogens with one attached hydrogen (secondary N) is 1.